The lowest BCUT2D eigenvalue weighted by atomic mass is 9.90. The van der Waals surface area contributed by atoms with E-state index in [-0.39, 0.29) is 18.0 Å². The molecule has 0 amide bonds. The third-order valence-electron chi connectivity index (χ3n) is 3.29. The minimum Gasteiger partial charge on any atom is -0.480 e. The van der Waals surface area contributed by atoms with Gasteiger partial charge in [0.15, 0.2) is 0 Å². The van der Waals surface area contributed by atoms with E-state index in [4.69, 9.17) is 14.6 Å². The Hall–Kier alpha value is -1.03. The van der Waals surface area contributed by atoms with Crippen LogP contribution in [0.4, 0.5) is 0 Å². The van der Waals surface area contributed by atoms with Gasteiger partial charge in [0.2, 0.25) is 5.76 Å². The molecule has 0 aromatic heterocycles. The molecule has 0 aromatic carbocycles. The summed E-state index contributed by atoms with van der Waals surface area (Å²) in [6.45, 7) is 2.85. The van der Waals surface area contributed by atoms with Crippen molar-refractivity contribution in [2.75, 3.05) is 6.61 Å². The molecule has 3 atom stereocenters. The lowest BCUT2D eigenvalue weighted by Crippen LogP contribution is -2.41. The van der Waals surface area contributed by atoms with Gasteiger partial charge in [-0.15, -0.1) is 0 Å². The van der Waals surface area contributed by atoms with Crippen molar-refractivity contribution in [1.82, 2.24) is 0 Å². The molecular formula is C12H18O4. The summed E-state index contributed by atoms with van der Waals surface area (Å²) in [4.78, 5) is 10.9. The Morgan fingerprint density at radius 1 is 1.50 bits per heavy atom. The Morgan fingerprint density at radius 3 is 2.94 bits per heavy atom. The van der Waals surface area contributed by atoms with E-state index < -0.39 is 5.97 Å². The number of rotatable bonds is 2. The zero-order valence-electron chi connectivity index (χ0n) is 9.52. The largest absolute Gasteiger partial charge is 0.480 e. The van der Waals surface area contributed by atoms with Crippen LogP contribution in [0.5, 0.6) is 0 Å². The van der Waals surface area contributed by atoms with Crippen LogP contribution in [-0.2, 0) is 14.3 Å². The van der Waals surface area contributed by atoms with E-state index >= 15 is 0 Å². The van der Waals surface area contributed by atoms with Gasteiger partial charge in [-0.2, -0.15) is 0 Å². The van der Waals surface area contributed by atoms with Gasteiger partial charge in [0.05, 0.1) is 6.10 Å². The number of carboxylic acids is 1. The summed E-state index contributed by atoms with van der Waals surface area (Å²) in [6, 6.07) is 0. The second-order valence-electron chi connectivity index (χ2n) is 4.57. The summed E-state index contributed by atoms with van der Waals surface area (Å²) in [5, 5.41) is 8.91. The van der Waals surface area contributed by atoms with E-state index in [1.165, 1.54) is 0 Å². The maximum Gasteiger partial charge on any atom is 0.370 e. The van der Waals surface area contributed by atoms with Gasteiger partial charge in [0.25, 0.3) is 0 Å². The molecule has 2 aliphatic heterocycles. The Balaban J connectivity index is 2.03. The lowest BCUT2D eigenvalue weighted by molar-refractivity contribution is -0.144. The van der Waals surface area contributed by atoms with Gasteiger partial charge in [-0.1, -0.05) is 6.92 Å². The van der Waals surface area contributed by atoms with Gasteiger partial charge >= 0.3 is 5.97 Å². The van der Waals surface area contributed by atoms with Crippen LogP contribution in [0.2, 0.25) is 0 Å². The Labute approximate surface area is 95.2 Å². The van der Waals surface area contributed by atoms with E-state index in [2.05, 4.69) is 6.92 Å². The second-order valence-corrected chi connectivity index (χ2v) is 4.57. The van der Waals surface area contributed by atoms with Crippen LogP contribution in [0.3, 0.4) is 0 Å². The summed E-state index contributed by atoms with van der Waals surface area (Å²) >= 11 is 0. The van der Waals surface area contributed by atoms with Crippen molar-refractivity contribution in [2.45, 2.75) is 44.8 Å². The zero-order valence-corrected chi connectivity index (χ0v) is 9.52. The average molecular weight is 226 g/mol. The van der Waals surface area contributed by atoms with Crippen LogP contribution in [0.15, 0.2) is 11.8 Å². The topological polar surface area (TPSA) is 55.8 Å². The fourth-order valence-electron chi connectivity index (χ4n) is 2.34. The molecule has 1 saturated heterocycles. The number of carboxylic acid groups (broad SMARTS) is 1. The third-order valence-corrected chi connectivity index (χ3v) is 3.29. The molecule has 2 rings (SSSR count). The van der Waals surface area contributed by atoms with Crippen molar-refractivity contribution < 1.29 is 19.4 Å². The van der Waals surface area contributed by atoms with Crippen molar-refractivity contribution in [2.24, 2.45) is 5.92 Å². The van der Waals surface area contributed by atoms with Gasteiger partial charge in [-0.25, -0.2) is 4.79 Å². The van der Waals surface area contributed by atoms with Crippen LogP contribution < -0.4 is 0 Å². The van der Waals surface area contributed by atoms with Crippen LogP contribution in [0, 0.1) is 5.92 Å². The van der Waals surface area contributed by atoms with Crippen LogP contribution >= 0.6 is 0 Å². The molecular weight excluding hydrogens is 208 g/mol. The Bertz CT molecular complexity index is 291. The Morgan fingerprint density at radius 2 is 2.31 bits per heavy atom. The molecule has 0 bridgehead atoms. The highest BCUT2D eigenvalue weighted by Gasteiger charge is 2.34. The van der Waals surface area contributed by atoms with Crippen molar-refractivity contribution in [1.29, 1.82) is 0 Å². The third kappa shape index (κ3) is 2.38. The van der Waals surface area contributed by atoms with E-state index in [0.717, 1.165) is 32.3 Å². The minimum atomic E-state index is -0.979. The second kappa shape index (κ2) is 4.87. The molecule has 2 unspecified atom stereocenters. The molecule has 1 N–H and O–H groups in total. The predicted molar refractivity (Wildman–Crippen MR) is 58.0 cm³/mol. The molecule has 4 nitrogen and oxygen atoms in total. The SMILES string of the molecule is C[C@@H]1CC=C(C(=O)O)OC1C1CCCCO1. The smallest absolute Gasteiger partial charge is 0.370 e. The highest BCUT2D eigenvalue weighted by atomic mass is 16.6. The molecule has 4 heteroatoms. The van der Waals surface area contributed by atoms with E-state index in [1.54, 1.807) is 6.08 Å². The van der Waals surface area contributed by atoms with Gasteiger partial charge in [0, 0.05) is 6.61 Å². The number of allylic oxidation sites excluding steroid dienone is 1. The van der Waals surface area contributed by atoms with Crippen molar-refractivity contribution in [3.63, 3.8) is 0 Å². The van der Waals surface area contributed by atoms with Gasteiger partial charge < -0.3 is 14.6 Å². The highest BCUT2D eigenvalue weighted by molar-refractivity contribution is 5.84. The molecule has 2 aliphatic rings. The molecule has 0 saturated carbocycles. The maximum atomic E-state index is 10.9. The molecule has 1 fully saturated rings. The number of ether oxygens (including phenoxy) is 2. The highest BCUT2D eigenvalue weighted by Crippen LogP contribution is 2.30. The normalized spacial score (nSPS) is 35.1. The zero-order chi connectivity index (χ0) is 11.5. The number of hydrogen-bond donors (Lipinski definition) is 1. The van der Waals surface area contributed by atoms with E-state index in [0.29, 0.717) is 5.92 Å². The molecule has 0 radical (unpaired) electrons. The number of carbonyl (C=O) groups is 1. The van der Waals surface area contributed by atoms with Gasteiger partial charge in [0.1, 0.15) is 6.10 Å². The van der Waals surface area contributed by atoms with Crippen molar-refractivity contribution >= 4 is 5.97 Å². The molecule has 90 valence electrons. The monoisotopic (exact) mass is 226 g/mol. The lowest BCUT2D eigenvalue weighted by Gasteiger charge is -2.36. The van der Waals surface area contributed by atoms with Gasteiger partial charge in [-0.05, 0) is 37.7 Å². The van der Waals surface area contributed by atoms with Crippen molar-refractivity contribution in [3.8, 4) is 0 Å². The number of aliphatic carboxylic acids is 1. The predicted octanol–water partition coefficient (Wildman–Crippen LogP) is 1.95. The summed E-state index contributed by atoms with van der Waals surface area (Å²) in [5.74, 6) is -0.573. The van der Waals surface area contributed by atoms with Crippen LogP contribution in [0.1, 0.15) is 32.6 Å². The van der Waals surface area contributed by atoms with Crippen molar-refractivity contribution in [3.05, 3.63) is 11.8 Å². The summed E-state index contributed by atoms with van der Waals surface area (Å²) in [6.07, 6.45) is 5.59. The summed E-state index contributed by atoms with van der Waals surface area (Å²) < 4.78 is 11.2. The average Bonchev–Trinajstić information content (AvgIpc) is 2.30. The first-order valence-corrected chi connectivity index (χ1v) is 5.90. The van der Waals surface area contributed by atoms with Crippen LogP contribution in [0.25, 0.3) is 0 Å². The molecule has 0 aliphatic carbocycles. The fourth-order valence-corrected chi connectivity index (χ4v) is 2.34. The molecule has 0 aromatic rings. The molecule has 0 spiro atoms. The summed E-state index contributed by atoms with van der Waals surface area (Å²) in [5.41, 5.74) is 0. The first-order valence-electron chi connectivity index (χ1n) is 5.90. The molecule has 16 heavy (non-hydrogen) atoms. The van der Waals surface area contributed by atoms with E-state index in [9.17, 15) is 4.79 Å². The Kier molecular flexibility index (Phi) is 3.49. The maximum absolute atomic E-state index is 10.9. The quantitative estimate of drug-likeness (QED) is 0.781. The molecule has 2 heterocycles. The fraction of sp³-hybridized carbons (Fsp3) is 0.750. The van der Waals surface area contributed by atoms with Gasteiger partial charge in [-0.3, -0.25) is 0 Å². The standard InChI is InChI=1S/C12H18O4/c1-8-5-6-10(12(13)14)16-11(8)9-4-2-3-7-15-9/h6,8-9,11H,2-5,7H2,1H3,(H,13,14)/t8-,9?,11?/m1/s1. The minimum absolute atomic E-state index is 0.0619. The first-order chi connectivity index (χ1) is 7.68. The number of hydrogen-bond acceptors (Lipinski definition) is 3. The summed E-state index contributed by atoms with van der Waals surface area (Å²) in [7, 11) is 0. The van der Waals surface area contributed by atoms with Crippen LogP contribution in [-0.4, -0.2) is 29.9 Å². The first kappa shape index (κ1) is 11.5. The van der Waals surface area contributed by atoms with E-state index in [1.807, 2.05) is 0 Å².